The summed E-state index contributed by atoms with van der Waals surface area (Å²) in [5.74, 6) is 0.583. The van der Waals surface area contributed by atoms with Gasteiger partial charge in [0.15, 0.2) is 0 Å². The molecule has 4 heteroatoms. The molecule has 1 N–H and O–H groups in total. The van der Waals surface area contributed by atoms with Gasteiger partial charge in [-0.15, -0.1) is 0 Å². The standard InChI is InChI=1S/C23H22N2O2/c26-21-8-6-17(7-9-21)14-22(19-4-2-1-3-5-19)23(27)25-15-20(16-25)18-10-12-24-13-11-18/h1-13,20,22,26H,14-16H2. The number of rotatable bonds is 5. The second kappa shape index (κ2) is 7.62. The summed E-state index contributed by atoms with van der Waals surface area (Å²) >= 11 is 0. The molecule has 1 aliphatic rings. The summed E-state index contributed by atoms with van der Waals surface area (Å²) in [7, 11) is 0. The van der Waals surface area contributed by atoms with E-state index in [1.807, 2.05) is 59.5 Å². The second-order valence-electron chi connectivity index (χ2n) is 7.05. The molecule has 4 nitrogen and oxygen atoms in total. The van der Waals surface area contributed by atoms with Gasteiger partial charge >= 0.3 is 0 Å². The summed E-state index contributed by atoms with van der Waals surface area (Å²) in [5, 5.41) is 9.51. The zero-order valence-electron chi connectivity index (χ0n) is 15.0. The summed E-state index contributed by atoms with van der Waals surface area (Å²) in [6.45, 7) is 1.50. The number of carbonyl (C=O) groups excluding carboxylic acids is 1. The van der Waals surface area contributed by atoms with Gasteiger partial charge < -0.3 is 10.0 Å². The van der Waals surface area contributed by atoms with Crippen LogP contribution in [0.1, 0.15) is 28.5 Å². The molecular weight excluding hydrogens is 336 g/mol. The molecular formula is C23H22N2O2. The van der Waals surface area contributed by atoms with Crippen molar-refractivity contribution in [3.63, 3.8) is 0 Å². The fourth-order valence-electron chi connectivity index (χ4n) is 3.63. The van der Waals surface area contributed by atoms with Crippen LogP contribution in [0.15, 0.2) is 79.1 Å². The van der Waals surface area contributed by atoms with E-state index in [9.17, 15) is 9.90 Å². The molecule has 0 bridgehead atoms. The average Bonchev–Trinajstić information content (AvgIpc) is 2.68. The van der Waals surface area contributed by atoms with Gasteiger partial charge in [-0.2, -0.15) is 0 Å². The predicted octanol–water partition coefficient (Wildman–Crippen LogP) is 3.74. The number of hydrogen-bond acceptors (Lipinski definition) is 3. The topological polar surface area (TPSA) is 53.4 Å². The van der Waals surface area contributed by atoms with Crippen molar-refractivity contribution in [2.45, 2.75) is 18.3 Å². The maximum atomic E-state index is 13.2. The lowest BCUT2D eigenvalue weighted by molar-refractivity contribution is -0.137. The maximum Gasteiger partial charge on any atom is 0.230 e. The van der Waals surface area contributed by atoms with Crippen LogP contribution in [0.2, 0.25) is 0 Å². The number of benzene rings is 2. The summed E-state index contributed by atoms with van der Waals surface area (Å²) < 4.78 is 0. The fraction of sp³-hybridized carbons (Fsp3) is 0.217. The predicted molar refractivity (Wildman–Crippen MR) is 105 cm³/mol. The Morgan fingerprint density at radius 2 is 1.67 bits per heavy atom. The van der Waals surface area contributed by atoms with Gasteiger partial charge in [-0.1, -0.05) is 42.5 Å². The third-order valence-corrected chi connectivity index (χ3v) is 5.25. The number of likely N-dealkylation sites (tertiary alicyclic amines) is 1. The lowest BCUT2D eigenvalue weighted by Gasteiger charge is -2.41. The van der Waals surface area contributed by atoms with E-state index in [0.717, 1.165) is 24.2 Å². The highest BCUT2D eigenvalue weighted by Crippen LogP contribution is 2.31. The van der Waals surface area contributed by atoms with Gasteiger partial charge in [-0.25, -0.2) is 0 Å². The third-order valence-electron chi connectivity index (χ3n) is 5.25. The highest BCUT2D eigenvalue weighted by Gasteiger charge is 2.35. The van der Waals surface area contributed by atoms with Crippen LogP contribution in [0.4, 0.5) is 0 Å². The molecule has 1 saturated heterocycles. The number of phenolic OH excluding ortho intramolecular Hbond substituents is 1. The smallest absolute Gasteiger partial charge is 0.230 e. The second-order valence-corrected chi connectivity index (χ2v) is 7.05. The van der Waals surface area contributed by atoms with E-state index in [0.29, 0.717) is 12.3 Å². The van der Waals surface area contributed by atoms with Crippen LogP contribution in [0.5, 0.6) is 5.75 Å². The van der Waals surface area contributed by atoms with E-state index in [2.05, 4.69) is 4.98 Å². The first kappa shape index (κ1) is 17.3. The van der Waals surface area contributed by atoms with Crippen molar-refractivity contribution in [1.29, 1.82) is 0 Å². The molecule has 2 aromatic carbocycles. The summed E-state index contributed by atoms with van der Waals surface area (Å²) in [6, 6.07) is 21.1. The summed E-state index contributed by atoms with van der Waals surface area (Å²) in [6.07, 6.45) is 4.23. The molecule has 0 saturated carbocycles. The Hall–Kier alpha value is -3.14. The van der Waals surface area contributed by atoms with E-state index in [1.165, 1.54) is 5.56 Å². The summed E-state index contributed by atoms with van der Waals surface area (Å²) in [5.41, 5.74) is 3.31. The van der Waals surface area contributed by atoms with Crippen molar-refractivity contribution in [3.8, 4) is 5.75 Å². The average molecular weight is 358 g/mol. The zero-order valence-corrected chi connectivity index (χ0v) is 15.0. The Bertz CT molecular complexity index is 889. The first-order chi connectivity index (χ1) is 13.2. The van der Waals surface area contributed by atoms with Gasteiger partial charge in [-0.05, 0) is 47.4 Å². The van der Waals surface area contributed by atoms with Crippen molar-refractivity contribution in [1.82, 2.24) is 9.88 Å². The van der Waals surface area contributed by atoms with E-state index < -0.39 is 0 Å². The number of hydrogen-bond donors (Lipinski definition) is 1. The van der Waals surface area contributed by atoms with Crippen LogP contribution in [0.3, 0.4) is 0 Å². The zero-order chi connectivity index (χ0) is 18.6. The Balaban J connectivity index is 1.50. The fourth-order valence-corrected chi connectivity index (χ4v) is 3.63. The van der Waals surface area contributed by atoms with E-state index in [1.54, 1.807) is 24.5 Å². The van der Waals surface area contributed by atoms with Crippen molar-refractivity contribution >= 4 is 5.91 Å². The minimum absolute atomic E-state index is 0.166. The number of carbonyl (C=O) groups is 1. The molecule has 0 radical (unpaired) electrons. The van der Waals surface area contributed by atoms with Crippen LogP contribution in [0.25, 0.3) is 0 Å². The number of phenols is 1. The van der Waals surface area contributed by atoms with Crippen molar-refractivity contribution in [3.05, 3.63) is 95.8 Å². The summed E-state index contributed by atoms with van der Waals surface area (Å²) in [4.78, 5) is 19.2. The number of aromatic nitrogens is 1. The largest absolute Gasteiger partial charge is 0.508 e. The van der Waals surface area contributed by atoms with Crippen LogP contribution in [0, 0.1) is 0 Å². The quantitative estimate of drug-likeness (QED) is 0.756. The van der Waals surface area contributed by atoms with Gasteiger partial charge in [0.25, 0.3) is 0 Å². The normalized spacial score (nSPS) is 15.2. The SMILES string of the molecule is O=C(C(Cc1ccc(O)cc1)c1ccccc1)N1CC(c2ccncc2)C1. The monoisotopic (exact) mass is 358 g/mol. The molecule has 0 aliphatic carbocycles. The van der Waals surface area contributed by atoms with Crippen LogP contribution in [-0.2, 0) is 11.2 Å². The first-order valence-corrected chi connectivity index (χ1v) is 9.22. The molecule has 3 aromatic rings. The van der Waals surface area contributed by atoms with Crippen LogP contribution >= 0.6 is 0 Å². The lowest BCUT2D eigenvalue weighted by atomic mass is 9.86. The highest BCUT2D eigenvalue weighted by molar-refractivity contribution is 5.85. The highest BCUT2D eigenvalue weighted by atomic mass is 16.3. The number of amides is 1. The molecule has 1 aliphatic heterocycles. The van der Waals surface area contributed by atoms with E-state index in [4.69, 9.17) is 0 Å². The van der Waals surface area contributed by atoms with Crippen LogP contribution < -0.4 is 0 Å². The molecule has 27 heavy (non-hydrogen) atoms. The Morgan fingerprint density at radius 3 is 2.33 bits per heavy atom. The Kier molecular flexibility index (Phi) is 4.88. The van der Waals surface area contributed by atoms with E-state index >= 15 is 0 Å². The molecule has 1 amide bonds. The maximum absolute atomic E-state index is 13.2. The van der Waals surface area contributed by atoms with Gasteiger partial charge in [0.2, 0.25) is 5.91 Å². The molecule has 2 heterocycles. The van der Waals surface area contributed by atoms with Gasteiger partial charge in [0.1, 0.15) is 5.75 Å². The Labute approximate surface area is 159 Å². The molecule has 0 spiro atoms. The Morgan fingerprint density at radius 1 is 1.00 bits per heavy atom. The minimum atomic E-state index is -0.214. The first-order valence-electron chi connectivity index (χ1n) is 9.22. The van der Waals surface area contributed by atoms with Crippen molar-refractivity contribution < 1.29 is 9.90 Å². The molecule has 1 aromatic heterocycles. The molecule has 1 unspecified atom stereocenters. The molecule has 136 valence electrons. The minimum Gasteiger partial charge on any atom is -0.508 e. The molecule has 4 rings (SSSR count). The number of nitrogens with zero attached hydrogens (tertiary/aromatic N) is 2. The van der Waals surface area contributed by atoms with Crippen molar-refractivity contribution in [2.24, 2.45) is 0 Å². The van der Waals surface area contributed by atoms with E-state index in [-0.39, 0.29) is 17.6 Å². The van der Waals surface area contributed by atoms with Gasteiger partial charge in [0, 0.05) is 31.4 Å². The molecule has 1 atom stereocenters. The van der Waals surface area contributed by atoms with Crippen molar-refractivity contribution in [2.75, 3.05) is 13.1 Å². The van der Waals surface area contributed by atoms with Crippen LogP contribution in [-0.4, -0.2) is 34.0 Å². The third kappa shape index (κ3) is 3.85. The lowest BCUT2D eigenvalue weighted by Crippen LogP contribution is -2.50. The van der Waals surface area contributed by atoms with Gasteiger partial charge in [0.05, 0.1) is 5.92 Å². The van der Waals surface area contributed by atoms with Gasteiger partial charge in [-0.3, -0.25) is 9.78 Å². The molecule has 1 fully saturated rings. The number of aromatic hydroxyl groups is 1. The number of pyridine rings is 1.